The summed E-state index contributed by atoms with van der Waals surface area (Å²) in [7, 11) is 1.45. The van der Waals surface area contributed by atoms with Gasteiger partial charge in [0.05, 0.1) is 7.11 Å². The Morgan fingerprint density at radius 3 is 2.58 bits per heavy atom. The fraction of sp³-hybridized carbons (Fsp3) is 0.143. The number of ether oxygens (including phenoxy) is 1. The molecule has 0 aliphatic rings. The van der Waals surface area contributed by atoms with Crippen LogP contribution in [0.15, 0.2) is 45.3 Å². The molecule has 0 aliphatic heterocycles. The Morgan fingerprint density at radius 2 is 1.89 bits per heavy atom. The molecule has 19 heavy (non-hydrogen) atoms. The van der Waals surface area contributed by atoms with Gasteiger partial charge in [0.1, 0.15) is 0 Å². The minimum Gasteiger partial charge on any atom is -0.494 e. The first-order valence-corrected chi connectivity index (χ1v) is 7.20. The van der Waals surface area contributed by atoms with Gasteiger partial charge in [0.2, 0.25) is 0 Å². The van der Waals surface area contributed by atoms with Gasteiger partial charge in [-0.2, -0.15) is 0 Å². The summed E-state index contributed by atoms with van der Waals surface area (Å²) in [5.41, 5.74) is 1.94. The minimum atomic E-state index is -0.362. The topological polar surface area (TPSA) is 21.3 Å². The zero-order chi connectivity index (χ0) is 13.8. The Morgan fingerprint density at radius 1 is 1.11 bits per heavy atom. The number of hydrogen-bond acceptors (Lipinski definition) is 2. The van der Waals surface area contributed by atoms with Crippen molar-refractivity contribution in [1.82, 2.24) is 0 Å². The number of hydrogen-bond donors (Lipinski definition) is 1. The molecular weight excluding hydrogens is 377 g/mol. The highest BCUT2D eigenvalue weighted by molar-refractivity contribution is 9.13. The normalized spacial score (nSPS) is 10.3. The third-order valence-electron chi connectivity index (χ3n) is 2.63. The molecule has 2 rings (SSSR count). The second-order valence-electron chi connectivity index (χ2n) is 3.95. The summed E-state index contributed by atoms with van der Waals surface area (Å²) in [4.78, 5) is 0. The minimum absolute atomic E-state index is 0.238. The van der Waals surface area contributed by atoms with E-state index < -0.39 is 0 Å². The Hall–Kier alpha value is -1.07. The Labute approximate surface area is 128 Å². The lowest BCUT2D eigenvalue weighted by Gasteiger charge is -2.09. The van der Waals surface area contributed by atoms with Gasteiger partial charge in [-0.1, -0.05) is 6.07 Å². The van der Waals surface area contributed by atoms with E-state index in [4.69, 9.17) is 4.74 Å². The lowest BCUT2D eigenvalue weighted by molar-refractivity contribution is 0.387. The number of benzene rings is 2. The third kappa shape index (κ3) is 3.70. The van der Waals surface area contributed by atoms with Crippen LogP contribution in [0.3, 0.4) is 0 Å². The molecule has 2 aromatic rings. The van der Waals surface area contributed by atoms with E-state index in [0.717, 1.165) is 20.2 Å². The van der Waals surface area contributed by atoms with Crippen LogP contribution in [0.25, 0.3) is 0 Å². The molecule has 2 nitrogen and oxygen atoms in total. The van der Waals surface area contributed by atoms with Crippen LogP contribution in [0.1, 0.15) is 5.56 Å². The largest absolute Gasteiger partial charge is 0.494 e. The van der Waals surface area contributed by atoms with Gasteiger partial charge < -0.3 is 10.1 Å². The summed E-state index contributed by atoms with van der Waals surface area (Å²) < 4.78 is 20.2. The third-order valence-corrected chi connectivity index (χ3v) is 4.51. The molecule has 0 aliphatic carbocycles. The van der Waals surface area contributed by atoms with E-state index in [-0.39, 0.29) is 11.6 Å². The van der Waals surface area contributed by atoms with E-state index in [1.165, 1.54) is 13.2 Å². The molecule has 0 saturated heterocycles. The van der Waals surface area contributed by atoms with Gasteiger partial charge in [0.15, 0.2) is 11.6 Å². The molecule has 0 spiro atoms. The van der Waals surface area contributed by atoms with Crippen LogP contribution in [0.2, 0.25) is 0 Å². The smallest absolute Gasteiger partial charge is 0.165 e. The average Bonchev–Trinajstić information content (AvgIpc) is 2.41. The average molecular weight is 389 g/mol. The number of anilines is 1. The van der Waals surface area contributed by atoms with Crippen molar-refractivity contribution in [3.05, 3.63) is 56.7 Å². The van der Waals surface area contributed by atoms with Crippen LogP contribution in [0.4, 0.5) is 10.1 Å². The van der Waals surface area contributed by atoms with Gasteiger partial charge in [0, 0.05) is 27.2 Å². The SMILES string of the molecule is COc1cc(NCc2ccc(Br)c(Br)c2)ccc1F. The molecule has 0 atom stereocenters. The van der Waals surface area contributed by atoms with Crippen molar-refractivity contribution in [2.45, 2.75) is 6.54 Å². The first-order valence-electron chi connectivity index (χ1n) is 5.61. The summed E-state index contributed by atoms with van der Waals surface area (Å²) in [5, 5.41) is 3.23. The van der Waals surface area contributed by atoms with Gasteiger partial charge in [-0.25, -0.2) is 4.39 Å². The highest BCUT2D eigenvalue weighted by Crippen LogP contribution is 2.25. The molecule has 0 amide bonds. The Bertz CT molecular complexity index is 590. The summed E-state index contributed by atoms with van der Waals surface area (Å²) in [6.07, 6.45) is 0. The van der Waals surface area contributed by atoms with Crippen LogP contribution >= 0.6 is 31.9 Å². The second-order valence-corrected chi connectivity index (χ2v) is 5.66. The quantitative estimate of drug-likeness (QED) is 0.798. The van der Waals surface area contributed by atoms with Gasteiger partial charge in [-0.15, -0.1) is 0 Å². The second kappa shape index (κ2) is 6.39. The molecule has 0 fully saturated rings. The van der Waals surface area contributed by atoms with E-state index in [1.54, 1.807) is 12.1 Å². The zero-order valence-corrected chi connectivity index (χ0v) is 13.4. The number of nitrogens with one attached hydrogen (secondary N) is 1. The first-order chi connectivity index (χ1) is 9.10. The lowest BCUT2D eigenvalue weighted by Crippen LogP contribution is -2.00. The van der Waals surface area contributed by atoms with Crippen molar-refractivity contribution in [2.75, 3.05) is 12.4 Å². The van der Waals surface area contributed by atoms with E-state index in [2.05, 4.69) is 37.2 Å². The molecular formula is C14H12Br2FNO. The van der Waals surface area contributed by atoms with E-state index in [1.807, 2.05) is 18.2 Å². The maximum Gasteiger partial charge on any atom is 0.165 e. The summed E-state index contributed by atoms with van der Waals surface area (Å²) >= 11 is 6.89. The van der Waals surface area contributed by atoms with Gasteiger partial charge in [0.25, 0.3) is 0 Å². The number of halogens is 3. The molecule has 100 valence electrons. The van der Waals surface area contributed by atoms with Crippen LogP contribution in [-0.2, 0) is 6.54 Å². The fourth-order valence-corrected chi connectivity index (χ4v) is 2.30. The van der Waals surface area contributed by atoms with Gasteiger partial charge in [-0.05, 0) is 61.7 Å². The van der Waals surface area contributed by atoms with Crippen LogP contribution in [0.5, 0.6) is 5.75 Å². The van der Waals surface area contributed by atoms with Gasteiger partial charge in [-0.3, -0.25) is 0 Å². The molecule has 0 saturated carbocycles. The summed E-state index contributed by atoms with van der Waals surface area (Å²) in [5.74, 6) is -0.124. The molecule has 0 unspecified atom stereocenters. The Kier molecular flexibility index (Phi) is 4.82. The maximum absolute atomic E-state index is 13.3. The van der Waals surface area contributed by atoms with E-state index >= 15 is 0 Å². The first kappa shape index (κ1) is 14.3. The Balaban J connectivity index is 2.07. The van der Waals surface area contributed by atoms with Crippen LogP contribution in [-0.4, -0.2) is 7.11 Å². The van der Waals surface area contributed by atoms with Crippen molar-refractivity contribution in [3.8, 4) is 5.75 Å². The van der Waals surface area contributed by atoms with E-state index in [9.17, 15) is 4.39 Å². The lowest BCUT2D eigenvalue weighted by atomic mass is 10.2. The van der Waals surface area contributed by atoms with Crippen molar-refractivity contribution in [2.24, 2.45) is 0 Å². The van der Waals surface area contributed by atoms with Crippen molar-refractivity contribution in [3.63, 3.8) is 0 Å². The summed E-state index contributed by atoms with van der Waals surface area (Å²) in [6, 6.07) is 10.7. The van der Waals surface area contributed by atoms with Crippen molar-refractivity contribution >= 4 is 37.5 Å². The van der Waals surface area contributed by atoms with Crippen LogP contribution in [0, 0.1) is 5.82 Å². The van der Waals surface area contributed by atoms with Gasteiger partial charge >= 0.3 is 0 Å². The molecule has 0 heterocycles. The monoisotopic (exact) mass is 387 g/mol. The van der Waals surface area contributed by atoms with Crippen molar-refractivity contribution in [1.29, 1.82) is 0 Å². The molecule has 0 bridgehead atoms. The highest BCUT2D eigenvalue weighted by Gasteiger charge is 2.04. The van der Waals surface area contributed by atoms with Crippen molar-refractivity contribution < 1.29 is 9.13 Å². The molecule has 5 heteroatoms. The predicted molar refractivity (Wildman–Crippen MR) is 82.1 cm³/mol. The predicted octanol–water partition coefficient (Wildman–Crippen LogP) is 4.97. The fourth-order valence-electron chi connectivity index (χ4n) is 1.62. The summed E-state index contributed by atoms with van der Waals surface area (Å²) in [6.45, 7) is 0.653. The standard InChI is InChI=1S/C14H12Br2FNO/c1-19-14-7-10(3-5-13(14)17)18-8-9-2-4-11(15)12(16)6-9/h2-7,18H,8H2,1H3. The number of rotatable bonds is 4. The highest BCUT2D eigenvalue weighted by atomic mass is 79.9. The zero-order valence-electron chi connectivity index (χ0n) is 10.2. The molecule has 2 aromatic carbocycles. The molecule has 0 radical (unpaired) electrons. The number of methoxy groups -OCH3 is 1. The molecule has 0 aromatic heterocycles. The molecule has 1 N–H and O–H groups in total. The van der Waals surface area contributed by atoms with Crippen LogP contribution < -0.4 is 10.1 Å². The maximum atomic E-state index is 13.3. The van der Waals surface area contributed by atoms with E-state index in [0.29, 0.717) is 6.54 Å².